The third kappa shape index (κ3) is 2.88. The normalized spacial score (nSPS) is 32.7. The van der Waals surface area contributed by atoms with Crippen molar-refractivity contribution in [1.82, 2.24) is 0 Å². The molecule has 1 fully saturated rings. The second kappa shape index (κ2) is 7.08. The van der Waals surface area contributed by atoms with Gasteiger partial charge in [0.2, 0.25) is 0 Å². The fourth-order valence-corrected chi connectivity index (χ4v) is 6.46. The van der Waals surface area contributed by atoms with Crippen LogP contribution in [0.5, 0.6) is 0 Å². The highest BCUT2D eigenvalue weighted by atomic mass is 19.1. The van der Waals surface area contributed by atoms with Crippen LogP contribution in [0.1, 0.15) is 37.3 Å². The van der Waals surface area contributed by atoms with Gasteiger partial charge in [0.1, 0.15) is 32.9 Å². The van der Waals surface area contributed by atoms with E-state index in [1.54, 1.807) is 7.11 Å². The largest absolute Gasteiger partial charge is 0.476 e. The number of rotatable bonds is 2. The van der Waals surface area contributed by atoms with Crippen LogP contribution in [0.3, 0.4) is 0 Å². The zero-order chi connectivity index (χ0) is 22.9. The van der Waals surface area contributed by atoms with Gasteiger partial charge in [0.15, 0.2) is 0 Å². The van der Waals surface area contributed by atoms with E-state index in [-0.39, 0.29) is 18.0 Å². The molecule has 2 spiro atoms. The summed E-state index contributed by atoms with van der Waals surface area (Å²) in [5.41, 5.74) is 7.41. The maximum atomic E-state index is 13.9. The smallest absolute Gasteiger partial charge is 0.281 e. The van der Waals surface area contributed by atoms with Gasteiger partial charge in [0.25, 0.3) is 6.02 Å². The van der Waals surface area contributed by atoms with Crippen molar-refractivity contribution < 1.29 is 18.3 Å². The molecule has 2 aliphatic carbocycles. The number of ether oxygens (including phenoxy) is 2. The molecule has 1 saturated carbocycles. The Bertz CT molecular complexity index is 1100. The summed E-state index contributed by atoms with van der Waals surface area (Å²) in [6.07, 6.45) is 3.24. The summed E-state index contributed by atoms with van der Waals surface area (Å²) in [7, 11) is 14.9. The molecule has 2 aromatic carbocycles. The first-order valence-electron chi connectivity index (χ1n) is 10.9. The van der Waals surface area contributed by atoms with Crippen LogP contribution < -0.4 is 5.73 Å². The Hall–Kier alpha value is -2.34. The van der Waals surface area contributed by atoms with Crippen molar-refractivity contribution in [3.8, 4) is 11.1 Å². The van der Waals surface area contributed by atoms with Crippen molar-refractivity contribution in [2.24, 2.45) is 22.1 Å². The Morgan fingerprint density at radius 1 is 1.12 bits per heavy atom. The summed E-state index contributed by atoms with van der Waals surface area (Å²) in [6, 6.07) is 9.11. The molecule has 5 rings (SSSR count). The van der Waals surface area contributed by atoms with Gasteiger partial charge in [-0.3, -0.25) is 0 Å². The summed E-state index contributed by atoms with van der Waals surface area (Å²) < 4.78 is 39.2. The molecule has 4 nitrogen and oxygen atoms in total. The maximum absolute atomic E-state index is 13.9. The van der Waals surface area contributed by atoms with Gasteiger partial charge >= 0.3 is 0 Å². The van der Waals surface area contributed by atoms with E-state index in [1.807, 2.05) is 18.2 Å². The van der Waals surface area contributed by atoms with Gasteiger partial charge < -0.3 is 15.2 Å². The van der Waals surface area contributed by atoms with Crippen LogP contribution in [0.2, 0.25) is 0 Å². The average Bonchev–Trinajstić information content (AvgIpc) is 3.11. The Morgan fingerprint density at radius 2 is 1.84 bits per heavy atom. The van der Waals surface area contributed by atoms with Gasteiger partial charge in [-0.15, -0.1) is 0 Å². The fraction of sp³-hybridized carbons (Fsp3) is 0.458. The lowest BCUT2D eigenvalue weighted by Crippen LogP contribution is -2.60. The molecule has 1 heterocycles. The van der Waals surface area contributed by atoms with Gasteiger partial charge in [0, 0.05) is 18.6 Å². The number of amidine groups is 1. The first kappa shape index (κ1) is 21.5. The monoisotopic (exact) mass is 432 g/mol. The molecular formula is C24H24B2F2N2O2. The fourth-order valence-electron chi connectivity index (χ4n) is 6.46. The first-order valence-corrected chi connectivity index (χ1v) is 10.9. The summed E-state index contributed by atoms with van der Waals surface area (Å²) in [4.78, 5) is 4.78. The Kier molecular flexibility index (Phi) is 4.76. The molecule has 1 unspecified atom stereocenters. The molecule has 4 atom stereocenters. The van der Waals surface area contributed by atoms with Crippen molar-refractivity contribution in [3.63, 3.8) is 0 Å². The molecule has 2 N–H and O–H groups in total. The van der Waals surface area contributed by atoms with Crippen molar-refractivity contribution in [2.45, 2.75) is 49.6 Å². The lowest BCUT2D eigenvalue weighted by atomic mass is 9.44. The molecule has 2 aromatic rings. The van der Waals surface area contributed by atoms with Crippen molar-refractivity contribution in [3.05, 3.63) is 59.2 Å². The molecule has 162 valence electrons. The number of nitrogens with zero attached hydrogens (tertiary/aromatic N) is 1. The highest BCUT2D eigenvalue weighted by molar-refractivity contribution is 6.41. The van der Waals surface area contributed by atoms with Crippen LogP contribution >= 0.6 is 0 Å². The summed E-state index contributed by atoms with van der Waals surface area (Å²) in [6.45, 7) is 2.16. The number of halogens is 2. The highest BCUT2D eigenvalue weighted by Crippen LogP contribution is 2.65. The van der Waals surface area contributed by atoms with E-state index in [9.17, 15) is 8.78 Å². The lowest BCUT2D eigenvalue weighted by Gasteiger charge is -2.53. The predicted octanol–water partition coefficient (Wildman–Crippen LogP) is 3.54. The van der Waals surface area contributed by atoms with Crippen molar-refractivity contribution >= 4 is 21.7 Å². The first-order chi connectivity index (χ1) is 15.1. The standard InChI is InChI=1S/C24H24B2F2N2O2/c1-13-11-22(6-5-20(13)31-2)12-15-4-3-14(16-7-17(27)10-18(28)8-16)9-19(15)23(22)24(25,26)32-21(29)30-23/h3-4,7-10,13,20H,5-6,11-12H2,1-2H3,(H2,29,30)/t13-,20-,22-,23?/m0/s1. The minimum atomic E-state index is -1.66. The Labute approximate surface area is 189 Å². The van der Waals surface area contributed by atoms with Gasteiger partial charge in [-0.2, -0.15) is 0 Å². The van der Waals surface area contributed by atoms with Crippen LogP contribution in [0.25, 0.3) is 11.1 Å². The molecule has 0 amide bonds. The number of benzene rings is 2. The van der Waals surface area contributed by atoms with E-state index in [4.69, 9.17) is 35.9 Å². The molecule has 0 bridgehead atoms. The molecular weight excluding hydrogens is 408 g/mol. The number of aliphatic imine (C=N–C) groups is 1. The number of fused-ring (bicyclic) bond motifs is 3. The second-order valence-corrected chi connectivity index (χ2v) is 9.54. The van der Waals surface area contributed by atoms with Crippen molar-refractivity contribution in [1.29, 1.82) is 0 Å². The van der Waals surface area contributed by atoms with Gasteiger partial charge in [0.05, 0.1) is 11.5 Å². The third-order valence-electron chi connectivity index (χ3n) is 7.67. The lowest BCUT2D eigenvalue weighted by molar-refractivity contribution is -0.0559. The van der Waals surface area contributed by atoms with Crippen molar-refractivity contribution in [2.75, 3.05) is 7.11 Å². The molecule has 1 aliphatic heterocycles. The minimum Gasteiger partial charge on any atom is -0.476 e. The topological polar surface area (TPSA) is 56.8 Å². The molecule has 0 aromatic heterocycles. The van der Waals surface area contributed by atoms with E-state index >= 15 is 0 Å². The van der Waals surface area contributed by atoms with Crippen LogP contribution in [-0.4, -0.2) is 40.3 Å². The van der Waals surface area contributed by atoms with E-state index in [2.05, 4.69) is 6.92 Å². The Morgan fingerprint density at radius 3 is 2.44 bits per heavy atom. The van der Waals surface area contributed by atoms with Crippen LogP contribution in [0, 0.1) is 23.0 Å². The van der Waals surface area contributed by atoms with Crippen LogP contribution in [-0.2, 0) is 21.4 Å². The predicted molar refractivity (Wildman–Crippen MR) is 120 cm³/mol. The van der Waals surface area contributed by atoms with E-state index in [1.165, 1.54) is 12.1 Å². The van der Waals surface area contributed by atoms with E-state index in [0.717, 1.165) is 36.5 Å². The molecule has 3 aliphatic rings. The maximum Gasteiger partial charge on any atom is 0.281 e. The molecule has 4 radical (unpaired) electrons. The molecule has 8 heteroatoms. The summed E-state index contributed by atoms with van der Waals surface area (Å²) in [5.74, 6) is -1.03. The third-order valence-corrected chi connectivity index (χ3v) is 7.67. The SMILES string of the molecule is [B]C1([B])OC(N)=NC12c1cc(-c3cc(F)cc(F)c3)ccc1C[C@@]21CC[C@H](OC)[C@@H](C)C1. The number of methoxy groups -OCH3 is 1. The van der Waals surface area contributed by atoms with E-state index < -0.39 is 28.0 Å². The summed E-state index contributed by atoms with van der Waals surface area (Å²) in [5, 5.41) is -1.66. The molecule has 32 heavy (non-hydrogen) atoms. The zero-order valence-electron chi connectivity index (χ0n) is 18.2. The quantitative estimate of drug-likeness (QED) is 0.740. The second-order valence-electron chi connectivity index (χ2n) is 9.54. The van der Waals surface area contributed by atoms with Gasteiger partial charge in [-0.1, -0.05) is 19.1 Å². The van der Waals surface area contributed by atoms with Crippen LogP contribution in [0.15, 0.2) is 41.4 Å². The van der Waals surface area contributed by atoms with E-state index in [0.29, 0.717) is 17.5 Å². The average molecular weight is 432 g/mol. The number of hydrogen-bond donors (Lipinski definition) is 1. The Balaban J connectivity index is 1.70. The zero-order valence-corrected chi connectivity index (χ0v) is 18.2. The van der Waals surface area contributed by atoms with Crippen LogP contribution in [0.4, 0.5) is 8.78 Å². The number of nitrogens with two attached hydrogens (primary N) is 1. The van der Waals surface area contributed by atoms with Gasteiger partial charge in [-0.05, 0) is 72.1 Å². The minimum absolute atomic E-state index is 0.0500. The summed E-state index contributed by atoms with van der Waals surface area (Å²) >= 11 is 0. The van der Waals surface area contributed by atoms with Gasteiger partial charge in [-0.25, -0.2) is 13.8 Å². The molecule has 0 saturated heterocycles. The highest BCUT2D eigenvalue weighted by Gasteiger charge is 2.68. The number of hydrogen-bond acceptors (Lipinski definition) is 4.